The van der Waals surface area contributed by atoms with Crippen LogP contribution >= 0.6 is 0 Å². The normalized spacial score (nSPS) is 11.0. The van der Waals surface area contributed by atoms with Crippen LogP contribution in [0.15, 0.2) is 18.5 Å². The molecule has 0 fully saturated rings. The highest BCUT2D eigenvalue weighted by molar-refractivity contribution is 5.15. The number of rotatable bonds is 5. The van der Waals surface area contributed by atoms with Crippen LogP contribution in [0.2, 0.25) is 0 Å². The summed E-state index contributed by atoms with van der Waals surface area (Å²) in [5.41, 5.74) is 3.73. The number of aromatic nitrogens is 4. The molecule has 17 heavy (non-hydrogen) atoms. The van der Waals surface area contributed by atoms with E-state index in [0.29, 0.717) is 0 Å². The van der Waals surface area contributed by atoms with Gasteiger partial charge in [-0.1, -0.05) is 0 Å². The summed E-state index contributed by atoms with van der Waals surface area (Å²) < 4.78 is 3.81. The lowest BCUT2D eigenvalue weighted by atomic mass is 10.2. The van der Waals surface area contributed by atoms with Gasteiger partial charge in [-0.3, -0.25) is 9.36 Å². The van der Waals surface area contributed by atoms with E-state index in [9.17, 15) is 0 Å². The molecule has 2 heterocycles. The molecule has 0 bridgehead atoms. The molecule has 92 valence electrons. The van der Waals surface area contributed by atoms with Crippen LogP contribution in [-0.2, 0) is 27.1 Å². The third-order valence-corrected chi connectivity index (χ3v) is 3.13. The average molecular weight is 233 g/mol. The van der Waals surface area contributed by atoms with Gasteiger partial charge in [0.1, 0.15) is 0 Å². The molecule has 0 aromatic carbocycles. The van der Waals surface area contributed by atoms with Crippen molar-refractivity contribution in [3.8, 4) is 0 Å². The summed E-state index contributed by atoms with van der Waals surface area (Å²) >= 11 is 0. The van der Waals surface area contributed by atoms with Gasteiger partial charge in [0, 0.05) is 56.8 Å². The van der Waals surface area contributed by atoms with Gasteiger partial charge in [0.25, 0.3) is 0 Å². The van der Waals surface area contributed by atoms with Crippen LogP contribution in [-0.4, -0.2) is 26.1 Å². The number of hydrogen-bond acceptors (Lipinski definition) is 3. The molecule has 5 nitrogen and oxygen atoms in total. The summed E-state index contributed by atoms with van der Waals surface area (Å²) in [6, 6.07) is 2.05. The van der Waals surface area contributed by atoms with Crippen molar-refractivity contribution >= 4 is 0 Å². The Hall–Kier alpha value is -1.62. The summed E-state index contributed by atoms with van der Waals surface area (Å²) in [6.45, 7) is 3.91. The first kappa shape index (κ1) is 11.9. The Morgan fingerprint density at radius 1 is 1.24 bits per heavy atom. The van der Waals surface area contributed by atoms with E-state index in [4.69, 9.17) is 0 Å². The van der Waals surface area contributed by atoms with E-state index in [0.717, 1.165) is 19.5 Å². The molecule has 5 heteroatoms. The molecule has 2 rings (SSSR count). The molecular weight excluding hydrogens is 214 g/mol. The Balaban J connectivity index is 1.77. The molecule has 2 aromatic heterocycles. The van der Waals surface area contributed by atoms with Crippen molar-refractivity contribution in [1.29, 1.82) is 0 Å². The second-order valence-corrected chi connectivity index (χ2v) is 4.25. The van der Waals surface area contributed by atoms with Gasteiger partial charge < -0.3 is 5.32 Å². The van der Waals surface area contributed by atoms with Crippen LogP contribution < -0.4 is 5.32 Å². The van der Waals surface area contributed by atoms with Gasteiger partial charge in [0.05, 0.1) is 6.20 Å². The van der Waals surface area contributed by atoms with E-state index in [1.165, 1.54) is 17.0 Å². The number of aryl methyl sites for hydroxylation is 2. The predicted octanol–water partition coefficient (Wildman–Crippen LogP) is 0.794. The number of nitrogens with one attached hydrogen (secondary N) is 1. The summed E-state index contributed by atoms with van der Waals surface area (Å²) in [5.74, 6) is 0. The molecule has 0 aliphatic carbocycles. The first-order valence-electron chi connectivity index (χ1n) is 5.83. The van der Waals surface area contributed by atoms with Crippen molar-refractivity contribution in [2.45, 2.75) is 19.9 Å². The highest BCUT2D eigenvalue weighted by Crippen LogP contribution is 2.04. The molecule has 0 unspecified atom stereocenters. The van der Waals surface area contributed by atoms with Crippen LogP contribution in [0.3, 0.4) is 0 Å². The monoisotopic (exact) mass is 233 g/mol. The maximum atomic E-state index is 4.22. The predicted molar refractivity (Wildman–Crippen MR) is 66.6 cm³/mol. The highest BCUT2D eigenvalue weighted by Gasteiger charge is 2.03. The lowest BCUT2D eigenvalue weighted by Crippen LogP contribution is -2.18. The average Bonchev–Trinajstić information content (AvgIpc) is 2.85. The van der Waals surface area contributed by atoms with E-state index < -0.39 is 0 Å². The first-order valence-corrected chi connectivity index (χ1v) is 5.83. The Kier molecular flexibility index (Phi) is 3.58. The fourth-order valence-electron chi connectivity index (χ4n) is 1.80. The molecule has 1 N–H and O–H groups in total. The summed E-state index contributed by atoms with van der Waals surface area (Å²) in [7, 11) is 3.94. The van der Waals surface area contributed by atoms with E-state index in [1.54, 1.807) is 0 Å². The van der Waals surface area contributed by atoms with Crippen molar-refractivity contribution in [3.63, 3.8) is 0 Å². The molecular formula is C12H19N5. The van der Waals surface area contributed by atoms with E-state index in [2.05, 4.69) is 28.5 Å². The summed E-state index contributed by atoms with van der Waals surface area (Å²) in [4.78, 5) is 0. The Labute approximate surface area is 101 Å². The van der Waals surface area contributed by atoms with Crippen LogP contribution in [0.4, 0.5) is 0 Å². The van der Waals surface area contributed by atoms with Crippen LogP contribution in [0.25, 0.3) is 0 Å². The van der Waals surface area contributed by atoms with Crippen molar-refractivity contribution in [3.05, 3.63) is 35.4 Å². The van der Waals surface area contributed by atoms with Crippen LogP contribution in [0.5, 0.6) is 0 Å². The fraction of sp³-hybridized carbons (Fsp3) is 0.500. The summed E-state index contributed by atoms with van der Waals surface area (Å²) in [6.07, 6.45) is 4.75. The van der Waals surface area contributed by atoms with E-state index in [-0.39, 0.29) is 0 Å². The second kappa shape index (κ2) is 5.14. The third kappa shape index (κ3) is 2.74. The Morgan fingerprint density at radius 2 is 2.06 bits per heavy atom. The second-order valence-electron chi connectivity index (χ2n) is 4.25. The first-order chi connectivity index (χ1) is 8.18. The van der Waals surface area contributed by atoms with E-state index >= 15 is 0 Å². The lowest BCUT2D eigenvalue weighted by Gasteiger charge is -2.05. The molecule has 0 aliphatic heterocycles. The molecule has 0 atom stereocenters. The molecule has 0 aliphatic rings. The quantitative estimate of drug-likeness (QED) is 0.777. The lowest BCUT2D eigenvalue weighted by molar-refractivity contribution is 0.640. The van der Waals surface area contributed by atoms with Crippen LogP contribution in [0, 0.1) is 6.92 Å². The molecule has 0 radical (unpaired) electrons. The van der Waals surface area contributed by atoms with Gasteiger partial charge in [-0.25, -0.2) is 0 Å². The Bertz CT molecular complexity index is 483. The zero-order valence-electron chi connectivity index (χ0n) is 10.6. The maximum absolute atomic E-state index is 4.22. The molecule has 0 amide bonds. The minimum absolute atomic E-state index is 0.873. The minimum atomic E-state index is 0.873. The fourth-order valence-corrected chi connectivity index (χ4v) is 1.80. The van der Waals surface area contributed by atoms with E-state index in [1.807, 2.05) is 35.9 Å². The van der Waals surface area contributed by atoms with Gasteiger partial charge in [-0.2, -0.15) is 10.2 Å². The van der Waals surface area contributed by atoms with Crippen molar-refractivity contribution in [2.75, 3.05) is 6.54 Å². The SMILES string of the molecule is Cc1c(CNCCc2ccnn2C)cnn1C. The van der Waals surface area contributed by atoms with Crippen molar-refractivity contribution in [2.24, 2.45) is 14.1 Å². The topological polar surface area (TPSA) is 47.7 Å². The standard InChI is InChI=1S/C12H19N5/c1-10-11(9-15-16(10)2)8-13-6-4-12-5-7-14-17(12)3/h5,7,9,13H,4,6,8H2,1-3H3. The molecule has 0 spiro atoms. The van der Waals surface area contributed by atoms with Gasteiger partial charge in [0.15, 0.2) is 0 Å². The van der Waals surface area contributed by atoms with Crippen molar-refractivity contribution in [1.82, 2.24) is 24.9 Å². The molecule has 2 aromatic rings. The molecule has 0 saturated carbocycles. The Morgan fingerprint density at radius 3 is 2.65 bits per heavy atom. The van der Waals surface area contributed by atoms with Gasteiger partial charge in [-0.15, -0.1) is 0 Å². The summed E-state index contributed by atoms with van der Waals surface area (Å²) in [5, 5.41) is 11.8. The van der Waals surface area contributed by atoms with Gasteiger partial charge in [-0.05, 0) is 13.0 Å². The van der Waals surface area contributed by atoms with Gasteiger partial charge in [0.2, 0.25) is 0 Å². The number of hydrogen-bond donors (Lipinski definition) is 1. The number of nitrogens with zero attached hydrogens (tertiary/aromatic N) is 4. The third-order valence-electron chi connectivity index (χ3n) is 3.13. The highest BCUT2D eigenvalue weighted by atomic mass is 15.3. The van der Waals surface area contributed by atoms with Crippen molar-refractivity contribution < 1.29 is 0 Å². The van der Waals surface area contributed by atoms with Crippen LogP contribution in [0.1, 0.15) is 17.0 Å². The largest absolute Gasteiger partial charge is 0.312 e. The minimum Gasteiger partial charge on any atom is -0.312 e. The smallest absolute Gasteiger partial charge is 0.0537 e. The van der Waals surface area contributed by atoms with Gasteiger partial charge >= 0.3 is 0 Å². The molecule has 0 saturated heterocycles. The maximum Gasteiger partial charge on any atom is 0.0537 e. The zero-order chi connectivity index (χ0) is 12.3. The zero-order valence-corrected chi connectivity index (χ0v) is 10.6.